The zero-order valence-corrected chi connectivity index (χ0v) is 13.5. The van der Waals surface area contributed by atoms with Gasteiger partial charge in [-0.1, -0.05) is 11.8 Å². The molecule has 0 bridgehead atoms. The fraction of sp³-hybridized carbons (Fsp3) is 0.500. The number of nitrogens with zero attached hydrogens (tertiary/aromatic N) is 3. The smallest absolute Gasteiger partial charge is 0.271 e. The Labute approximate surface area is 131 Å². The summed E-state index contributed by atoms with van der Waals surface area (Å²) in [6.07, 6.45) is 3.39. The maximum absolute atomic E-state index is 12.2. The number of amides is 1. The summed E-state index contributed by atoms with van der Waals surface area (Å²) in [5.74, 6) is 0.481. The Balaban J connectivity index is 1.74. The van der Waals surface area contributed by atoms with Crippen molar-refractivity contribution in [1.82, 2.24) is 14.5 Å². The van der Waals surface area contributed by atoms with Gasteiger partial charge in [0, 0.05) is 20.1 Å². The molecule has 112 valence electrons. The van der Waals surface area contributed by atoms with Crippen LogP contribution in [0.2, 0.25) is 0 Å². The number of likely N-dealkylation sites (tertiary alicyclic amines) is 1. The van der Waals surface area contributed by atoms with Crippen molar-refractivity contribution in [3.05, 3.63) is 21.8 Å². The topological polar surface area (TPSA) is 55.2 Å². The molecule has 21 heavy (non-hydrogen) atoms. The third-order valence-electron chi connectivity index (χ3n) is 3.68. The van der Waals surface area contributed by atoms with E-state index < -0.39 is 0 Å². The predicted octanol–water partition coefficient (Wildman–Crippen LogP) is 2.10. The number of hydrogen-bond acceptors (Lipinski definition) is 5. The molecule has 1 aliphatic rings. The monoisotopic (exact) mass is 323 g/mol. The number of fused-ring (bicyclic) bond motifs is 1. The SMILES string of the molecule is Cn1c(SCC(=O)N2CCCCC2)nc2ccsc2c1=O. The second-order valence-electron chi connectivity index (χ2n) is 5.12. The minimum absolute atomic E-state index is 0.0390. The largest absolute Gasteiger partial charge is 0.342 e. The van der Waals surface area contributed by atoms with Crippen LogP contribution in [0, 0.1) is 0 Å². The van der Waals surface area contributed by atoms with Crippen LogP contribution >= 0.6 is 23.1 Å². The third kappa shape index (κ3) is 2.98. The first kappa shape index (κ1) is 14.6. The van der Waals surface area contributed by atoms with Gasteiger partial charge in [0.25, 0.3) is 5.56 Å². The number of carbonyl (C=O) groups excluding carboxylic acids is 1. The van der Waals surface area contributed by atoms with Crippen molar-refractivity contribution in [1.29, 1.82) is 0 Å². The van der Waals surface area contributed by atoms with Crippen LogP contribution in [-0.2, 0) is 11.8 Å². The Hall–Kier alpha value is -1.34. The second kappa shape index (κ2) is 6.19. The van der Waals surface area contributed by atoms with Gasteiger partial charge in [-0.25, -0.2) is 4.98 Å². The molecule has 3 rings (SSSR count). The number of hydrogen-bond donors (Lipinski definition) is 0. The van der Waals surface area contributed by atoms with Crippen LogP contribution in [0.25, 0.3) is 10.2 Å². The average Bonchev–Trinajstić information content (AvgIpc) is 2.98. The molecule has 5 nitrogen and oxygen atoms in total. The number of thioether (sulfide) groups is 1. The van der Waals surface area contributed by atoms with E-state index in [0.717, 1.165) is 31.4 Å². The molecule has 7 heteroatoms. The highest BCUT2D eigenvalue weighted by Crippen LogP contribution is 2.21. The molecule has 0 radical (unpaired) electrons. The van der Waals surface area contributed by atoms with Gasteiger partial charge in [-0.2, -0.15) is 0 Å². The first-order chi connectivity index (χ1) is 10.2. The van der Waals surface area contributed by atoms with Crippen molar-refractivity contribution in [2.24, 2.45) is 7.05 Å². The van der Waals surface area contributed by atoms with Crippen molar-refractivity contribution in [2.45, 2.75) is 24.4 Å². The molecule has 1 amide bonds. The minimum Gasteiger partial charge on any atom is -0.342 e. The van der Waals surface area contributed by atoms with E-state index in [1.54, 1.807) is 7.05 Å². The van der Waals surface area contributed by atoms with Crippen molar-refractivity contribution < 1.29 is 4.79 Å². The lowest BCUT2D eigenvalue weighted by atomic mass is 10.1. The summed E-state index contributed by atoms with van der Waals surface area (Å²) >= 11 is 2.75. The van der Waals surface area contributed by atoms with E-state index in [1.165, 1.54) is 34.1 Å². The van der Waals surface area contributed by atoms with E-state index in [9.17, 15) is 9.59 Å². The second-order valence-corrected chi connectivity index (χ2v) is 6.98. The van der Waals surface area contributed by atoms with Gasteiger partial charge in [0.2, 0.25) is 5.91 Å². The molecule has 0 saturated carbocycles. The lowest BCUT2D eigenvalue weighted by Crippen LogP contribution is -2.36. The van der Waals surface area contributed by atoms with E-state index in [1.807, 2.05) is 16.3 Å². The molecule has 1 fully saturated rings. The molecule has 0 N–H and O–H groups in total. The zero-order chi connectivity index (χ0) is 14.8. The van der Waals surface area contributed by atoms with Gasteiger partial charge in [0.15, 0.2) is 5.16 Å². The Morgan fingerprint density at radius 2 is 2.14 bits per heavy atom. The summed E-state index contributed by atoms with van der Waals surface area (Å²) in [6, 6.07) is 1.85. The lowest BCUT2D eigenvalue weighted by molar-refractivity contribution is -0.129. The average molecular weight is 323 g/mol. The molecule has 2 aromatic heterocycles. The summed E-state index contributed by atoms with van der Waals surface area (Å²) in [7, 11) is 1.71. The van der Waals surface area contributed by atoms with Gasteiger partial charge in [-0.15, -0.1) is 11.3 Å². The van der Waals surface area contributed by atoms with Crippen LogP contribution in [0.3, 0.4) is 0 Å². The maximum atomic E-state index is 12.2. The van der Waals surface area contributed by atoms with Crippen LogP contribution in [0.15, 0.2) is 21.4 Å². The number of thiophene rings is 1. The molecular formula is C14H17N3O2S2. The van der Waals surface area contributed by atoms with E-state index >= 15 is 0 Å². The lowest BCUT2D eigenvalue weighted by Gasteiger charge is -2.26. The quantitative estimate of drug-likeness (QED) is 0.641. The normalized spacial score (nSPS) is 15.6. The highest BCUT2D eigenvalue weighted by Gasteiger charge is 2.18. The van der Waals surface area contributed by atoms with Crippen LogP contribution in [0.4, 0.5) is 0 Å². The van der Waals surface area contributed by atoms with Crippen LogP contribution < -0.4 is 5.56 Å². The Morgan fingerprint density at radius 3 is 2.90 bits per heavy atom. The van der Waals surface area contributed by atoms with E-state index in [2.05, 4.69) is 4.98 Å². The van der Waals surface area contributed by atoms with E-state index in [0.29, 0.717) is 15.6 Å². The molecule has 1 aliphatic heterocycles. The fourth-order valence-corrected chi connectivity index (χ4v) is 4.14. The molecule has 2 aromatic rings. The summed E-state index contributed by atoms with van der Waals surface area (Å²) in [5, 5.41) is 2.48. The minimum atomic E-state index is -0.0390. The zero-order valence-electron chi connectivity index (χ0n) is 11.9. The van der Waals surface area contributed by atoms with Gasteiger partial charge < -0.3 is 4.90 Å². The highest BCUT2D eigenvalue weighted by atomic mass is 32.2. The number of carbonyl (C=O) groups is 1. The van der Waals surface area contributed by atoms with Crippen molar-refractivity contribution in [3.8, 4) is 0 Å². The summed E-state index contributed by atoms with van der Waals surface area (Å²) in [5.41, 5.74) is 0.680. The molecule has 0 aromatic carbocycles. The fourth-order valence-electron chi connectivity index (χ4n) is 2.46. The molecule has 1 saturated heterocycles. The number of rotatable bonds is 3. The van der Waals surface area contributed by atoms with Gasteiger partial charge in [0.1, 0.15) is 4.70 Å². The van der Waals surface area contributed by atoms with E-state index in [-0.39, 0.29) is 11.5 Å². The molecular weight excluding hydrogens is 306 g/mol. The summed E-state index contributed by atoms with van der Waals surface area (Å²) < 4.78 is 2.21. The Morgan fingerprint density at radius 1 is 1.38 bits per heavy atom. The molecule has 0 atom stereocenters. The van der Waals surface area contributed by atoms with Gasteiger partial charge in [-0.05, 0) is 30.7 Å². The molecule has 0 aliphatic carbocycles. The predicted molar refractivity (Wildman–Crippen MR) is 86.0 cm³/mol. The molecule has 0 unspecified atom stereocenters. The van der Waals surface area contributed by atoms with Crippen molar-refractivity contribution >= 4 is 39.2 Å². The number of aromatic nitrogens is 2. The Kier molecular flexibility index (Phi) is 4.30. The first-order valence-corrected chi connectivity index (χ1v) is 8.88. The van der Waals surface area contributed by atoms with Crippen molar-refractivity contribution in [3.63, 3.8) is 0 Å². The summed E-state index contributed by atoms with van der Waals surface area (Å²) in [6.45, 7) is 1.71. The molecule has 3 heterocycles. The summed E-state index contributed by atoms with van der Waals surface area (Å²) in [4.78, 5) is 30.7. The van der Waals surface area contributed by atoms with E-state index in [4.69, 9.17) is 0 Å². The Bertz CT molecular complexity index is 717. The van der Waals surface area contributed by atoms with Crippen molar-refractivity contribution in [2.75, 3.05) is 18.8 Å². The van der Waals surface area contributed by atoms with Gasteiger partial charge in [0.05, 0.1) is 11.3 Å². The van der Waals surface area contributed by atoms with Gasteiger partial charge in [-0.3, -0.25) is 14.2 Å². The van der Waals surface area contributed by atoms with Gasteiger partial charge >= 0.3 is 0 Å². The molecule has 0 spiro atoms. The van der Waals surface area contributed by atoms with Crippen LogP contribution in [0.5, 0.6) is 0 Å². The highest BCUT2D eigenvalue weighted by molar-refractivity contribution is 7.99. The van der Waals surface area contributed by atoms with Crippen LogP contribution in [0.1, 0.15) is 19.3 Å². The third-order valence-corrected chi connectivity index (χ3v) is 5.59. The standard InChI is InChI=1S/C14H17N3O2S2/c1-16-13(19)12-10(5-8-20-12)15-14(16)21-9-11(18)17-6-3-2-4-7-17/h5,8H,2-4,6-7,9H2,1H3. The maximum Gasteiger partial charge on any atom is 0.271 e. The first-order valence-electron chi connectivity index (χ1n) is 7.01. The van der Waals surface area contributed by atoms with Crippen LogP contribution in [-0.4, -0.2) is 39.2 Å². The number of piperidine rings is 1.